The molecular weight excluding hydrogens is 336 g/mol. The molecule has 0 bridgehead atoms. The Bertz CT molecular complexity index is 952. The highest BCUT2D eigenvalue weighted by atomic mass is 16.2. The Morgan fingerprint density at radius 1 is 1.15 bits per heavy atom. The van der Waals surface area contributed by atoms with E-state index in [1.165, 1.54) is 18.5 Å². The fourth-order valence-electron chi connectivity index (χ4n) is 3.77. The topological polar surface area (TPSA) is 49.6 Å². The number of aromatic nitrogens is 2. The molecule has 3 aromatic rings. The largest absolute Gasteiger partial charge is 0.372 e. The number of imidazole rings is 1. The third-order valence-electron chi connectivity index (χ3n) is 5.15. The van der Waals surface area contributed by atoms with Gasteiger partial charge in [-0.2, -0.15) is 0 Å². The van der Waals surface area contributed by atoms with E-state index < -0.39 is 0 Å². The molecule has 4 rings (SSSR count). The van der Waals surface area contributed by atoms with E-state index in [1.54, 1.807) is 0 Å². The summed E-state index contributed by atoms with van der Waals surface area (Å²) in [6.45, 7) is 6.38. The molecule has 0 spiro atoms. The second-order valence-electron chi connectivity index (χ2n) is 7.28. The van der Waals surface area contributed by atoms with Crippen LogP contribution >= 0.6 is 0 Å². The molecule has 5 heteroatoms. The van der Waals surface area contributed by atoms with Gasteiger partial charge in [0, 0.05) is 30.7 Å². The lowest BCUT2D eigenvalue weighted by Crippen LogP contribution is -2.18. The van der Waals surface area contributed by atoms with Gasteiger partial charge in [-0.25, -0.2) is 4.98 Å². The predicted octanol–water partition coefficient (Wildman–Crippen LogP) is 4.45. The number of anilines is 2. The number of benzene rings is 1. The molecule has 1 aromatic carbocycles. The summed E-state index contributed by atoms with van der Waals surface area (Å²) in [5.74, 6) is -0.108. The molecular formula is C22H26N4O. The maximum absolute atomic E-state index is 13.0. The van der Waals surface area contributed by atoms with Gasteiger partial charge in [0.2, 0.25) is 0 Å². The number of nitrogens with zero attached hydrogens (tertiary/aromatic N) is 3. The van der Waals surface area contributed by atoms with Gasteiger partial charge in [-0.15, -0.1) is 0 Å². The van der Waals surface area contributed by atoms with Crippen LogP contribution in [0.5, 0.6) is 0 Å². The molecule has 2 aromatic heterocycles. The van der Waals surface area contributed by atoms with Crippen LogP contribution in [0.15, 0.2) is 42.6 Å². The molecule has 1 amide bonds. The molecule has 0 atom stereocenters. The molecule has 140 valence electrons. The van der Waals surface area contributed by atoms with Crippen LogP contribution in [-0.4, -0.2) is 28.4 Å². The monoisotopic (exact) mass is 362 g/mol. The van der Waals surface area contributed by atoms with E-state index in [2.05, 4.69) is 34.3 Å². The summed E-state index contributed by atoms with van der Waals surface area (Å²) in [7, 11) is 0. The fourth-order valence-corrected chi connectivity index (χ4v) is 3.77. The molecule has 0 saturated carbocycles. The number of amides is 1. The van der Waals surface area contributed by atoms with Crippen molar-refractivity contribution >= 4 is 22.9 Å². The molecule has 3 heterocycles. The summed E-state index contributed by atoms with van der Waals surface area (Å²) in [4.78, 5) is 20.1. The molecule has 0 aliphatic carbocycles. The van der Waals surface area contributed by atoms with Gasteiger partial charge in [-0.3, -0.25) is 9.20 Å². The van der Waals surface area contributed by atoms with Gasteiger partial charge in [0.25, 0.3) is 5.91 Å². The van der Waals surface area contributed by atoms with Crippen molar-refractivity contribution in [2.75, 3.05) is 23.3 Å². The Balaban J connectivity index is 1.59. The van der Waals surface area contributed by atoms with E-state index in [9.17, 15) is 4.79 Å². The van der Waals surface area contributed by atoms with Crippen molar-refractivity contribution in [3.63, 3.8) is 0 Å². The molecule has 1 fully saturated rings. The van der Waals surface area contributed by atoms with Crippen LogP contribution in [0.25, 0.3) is 5.65 Å². The number of aryl methyl sites for hydroxylation is 2. The SMILES string of the molecule is CCCc1nc2cc(C)ccn2c1C(=O)Nc1ccc(N2CCCC2)cc1. The number of hydrogen-bond acceptors (Lipinski definition) is 3. The van der Waals surface area contributed by atoms with Gasteiger partial charge in [0.05, 0.1) is 5.69 Å². The van der Waals surface area contributed by atoms with Crippen LogP contribution in [0, 0.1) is 6.92 Å². The summed E-state index contributed by atoms with van der Waals surface area (Å²) in [5.41, 5.74) is 5.49. The lowest BCUT2D eigenvalue weighted by Gasteiger charge is -2.17. The van der Waals surface area contributed by atoms with Crippen molar-refractivity contribution < 1.29 is 4.79 Å². The van der Waals surface area contributed by atoms with Crippen molar-refractivity contribution in [1.82, 2.24) is 9.38 Å². The molecule has 5 nitrogen and oxygen atoms in total. The zero-order valence-corrected chi connectivity index (χ0v) is 16.0. The summed E-state index contributed by atoms with van der Waals surface area (Å²) in [5, 5.41) is 3.05. The predicted molar refractivity (Wildman–Crippen MR) is 110 cm³/mol. The third-order valence-corrected chi connectivity index (χ3v) is 5.15. The first kappa shape index (κ1) is 17.6. The lowest BCUT2D eigenvalue weighted by molar-refractivity contribution is 0.102. The third kappa shape index (κ3) is 3.54. The van der Waals surface area contributed by atoms with Crippen LogP contribution in [0.1, 0.15) is 47.9 Å². The number of carbonyl (C=O) groups excluding carboxylic acids is 1. The van der Waals surface area contributed by atoms with E-state index in [1.807, 2.05) is 41.8 Å². The van der Waals surface area contributed by atoms with E-state index in [0.717, 1.165) is 48.5 Å². The Morgan fingerprint density at radius 3 is 2.59 bits per heavy atom. The highest BCUT2D eigenvalue weighted by Gasteiger charge is 2.19. The molecule has 1 N–H and O–H groups in total. The molecule has 27 heavy (non-hydrogen) atoms. The summed E-state index contributed by atoms with van der Waals surface area (Å²) < 4.78 is 1.89. The van der Waals surface area contributed by atoms with Gasteiger partial charge in [-0.1, -0.05) is 13.3 Å². The first-order valence-corrected chi connectivity index (χ1v) is 9.79. The van der Waals surface area contributed by atoms with Crippen molar-refractivity contribution in [1.29, 1.82) is 0 Å². The molecule has 1 aliphatic heterocycles. The zero-order chi connectivity index (χ0) is 18.8. The second kappa shape index (κ2) is 7.43. The number of rotatable bonds is 5. The highest BCUT2D eigenvalue weighted by Crippen LogP contribution is 2.23. The Morgan fingerprint density at radius 2 is 1.89 bits per heavy atom. The van der Waals surface area contributed by atoms with E-state index in [4.69, 9.17) is 0 Å². The molecule has 1 saturated heterocycles. The summed E-state index contributed by atoms with van der Waals surface area (Å²) in [6, 6.07) is 12.2. The second-order valence-corrected chi connectivity index (χ2v) is 7.28. The first-order chi connectivity index (χ1) is 13.2. The maximum Gasteiger partial charge on any atom is 0.274 e. The number of carbonyl (C=O) groups is 1. The first-order valence-electron chi connectivity index (χ1n) is 9.79. The Kier molecular flexibility index (Phi) is 4.84. The smallest absolute Gasteiger partial charge is 0.274 e. The molecule has 0 unspecified atom stereocenters. The highest BCUT2D eigenvalue weighted by molar-refractivity contribution is 6.04. The van der Waals surface area contributed by atoms with Crippen LogP contribution in [0.4, 0.5) is 11.4 Å². The number of fused-ring (bicyclic) bond motifs is 1. The van der Waals surface area contributed by atoms with Crippen LogP contribution in [-0.2, 0) is 6.42 Å². The van der Waals surface area contributed by atoms with Crippen molar-refractivity contribution in [3.8, 4) is 0 Å². The maximum atomic E-state index is 13.0. The quantitative estimate of drug-likeness (QED) is 0.730. The average molecular weight is 362 g/mol. The van der Waals surface area contributed by atoms with E-state index in [0.29, 0.717) is 5.69 Å². The minimum atomic E-state index is -0.108. The van der Waals surface area contributed by atoms with Crippen molar-refractivity contribution in [2.24, 2.45) is 0 Å². The summed E-state index contributed by atoms with van der Waals surface area (Å²) in [6.07, 6.45) is 6.19. The lowest BCUT2D eigenvalue weighted by atomic mass is 10.2. The van der Waals surface area contributed by atoms with Crippen LogP contribution < -0.4 is 10.2 Å². The van der Waals surface area contributed by atoms with Gasteiger partial charge in [0.1, 0.15) is 11.3 Å². The van der Waals surface area contributed by atoms with Crippen LogP contribution in [0.3, 0.4) is 0 Å². The number of pyridine rings is 1. The molecule has 1 aliphatic rings. The van der Waals surface area contributed by atoms with Crippen molar-refractivity contribution in [2.45, 2.75) is 39.5 Å². The average Bonchev–Trinajstić information content (AvgIpc) is 3.30. The number of hydrogen-bond donors (Lipinski definition) is 1. The molecule has 0 radical (unpaired) electrons. The standard InChI is InChI=1S/C22H26N4O/c1-3-6-19-21(26-14-11-16(2)15-20(26)24-19)22(27)23-17-7-9-18(10-8-17)25-12-4-5-13-25/h7-11,14-15H,3-6,12-13H2,1-2H3,(H,23,27). The van der Waals surface area contributed by atoms with Gasteiger partial charge in [-0.05, 0) is 68.1 Å². The minimum Gasteiger partial charge on any atom is -0.372 e. The number of nitrogens with one attached hydrogen (secondary N) is 1. The van der Waals surface area contributed by atoms with Gasteiger partial charge in [0.15, 0.2) is 0 Å². The Labute approximate surface area is 160 Å². The van der Waals surface area contributed by atoms with E-state index >= 15 is 0 Å². The fraction of sp³-hybridized carbons (Fsp3) is 0.364. The Hall–Kier alpha value is -2.82. The zero-order valence-electron chi connectivity index (χ0n) is 16.0. The minimum absolute atomic E-state index is 0.108. The van der Waals surface area contributed by atoms with Crippen LogP contribution in [0.2, 0.25) is 0 Å². The summed E-state index contributed by atoms with van der Waals surface area (Å²) >= 11 is 0. The van der Waals surface area contributed by atoms with Crippen molar-refractivity contribution in [3.05, 3.63) is 59.5 Å². The van der Waals surface area contributed by atoms with Gasteiger partial charge < -0.3 is 10.2 Å². The van der Waals surface area contributed by atoms with E-state index in [-0.39, 0.29) is 5.91 Å². The normalized spacial score (nSPS) is 14.1. The van der Waals surface area contributed by atoms with Gasteiger partial charge >= 0.3 is 0 Å².